The molecular weight excluding hydrogens is 315 g/mol. The number of benzene rings is 1. The number of Topliss-reactive ketones (excluding diaryl/α,β-unsaturated/α-hetero) is 1. The van der Waals surface area contributed by atoms with Gasteiger partial charge in [-0.15, -0.1) is 0 Å². The minimum Gasteiger partial charge on any atom is -0.384 e. The van der Waals surface area contributed by atoms with Gasteiger partial charge in [0.1, 0.15) is 6.10 Å². The first-order valence-electron chi connectivity index (χ1n) is 5.19. The molecule has 1 aliphatic carbocycles. The van der Waals surface area contributed by atoms with E-state index < -0.39 is 6.10 Å². The first-order valence-corrected chi connectivity index (χ1v) is 6.72. The number of hydrogen-bond donors (Lipinski definition) is 1. The molecule has 0 radical (unpaired) electrons. The van der Waals surface area contributed by atoms with Crippen LogP contribution in [-0.2, 0) is 4.79 Å². The number of ketones is 1. The first kappa shape index (κ1) is 11.8. The van der Waals surface area contributed by atoms with Gasteiger partial charge in [0, 0.05) is 10.3 Å². The van der Waals surface area contributed by atoms with E-state index in [4.69, 9.17) is 0 Å². The molecule has 2 atom stereocenters. The van der Waals surface area contributed by atoms with Gasteiger partial charge in [-0.25, -0.2) is 0 Å². The van der Waals surface area contributed by atoms with E-state index in [9.17, 15) is 9.90 Å². The fourth-order valence-electron chi connectivity index (χ4n) is 2.18. The summed E-state index contributed by atoms with van der Waals surface area (Å²) in [7, 11) is 0. The van der Waals surface area contributed by atoms with Gasteiger partial charge in [-0.2, -0.15) is 0 Å². The van der Waals surface area contributed by atoms with Crippen molar-refractivity contribution in [3.8, 4) is 0 Å². The average Bonchev–Trinajstić information content (AvgIpc) is 2.54. The Morgan fingerprint density at radius 2 is 1.94 bits per heavy atom. The van der Waals surface area contributed by atoms with Crippen LogP contribution in [0.5, 0.6) is 0 Å². The van der Waals surface area contributed by atoms with E-state index >= 15 is 0 Å². The van der Waals surface area contributed by atoms with Crippen LogP contribution in [0.3, 0.4) is 0 Å². The molecule has 1 aliphatic rings. The smallest absolute Gasteiger partial charge is 0.187 e. The molecule has 84 valence electrons. The van der Waals surface area contributed by atoms with E-state index in [2.05, 4.69) is 22.6 Å². The third kappa shape index (κ3) is 1.82. The molecule has 0 aromatic heterocycles. The summed E-state index contributed by atoms with van der Waals surface area (Å²) in [4.78, 5) is 11.7. The normalized spacial score (nSPS) is 25.3. The number of aliphatic hydroxyl groups is 1. The average molecular weight is 328 g/mol. The lowest BCUT2D eigenvalue weighted by atomic mass is 9.91. The van der Waals surface area contributed by atoms with Gasteiger partial charge in [0.25, 0.3) is 0 Å². The second kappa shape index (κ2) is 4.67. The molecule has 1 aromatic carbocycles. The maximum Gasteiger partial charge on any atom is 0.187 e. The Balaban J connectivity index is 2.46. The second-order valence-electron chi connectivity index (χ2n) is 3.98. The van der Waals surface area contributed by atoms with Gasteiger partial charge in [0.15, 0.2) is 5.78 Å². The molecule has 0 fully saturated rings. The van der Waals surface area contributed by atoms with Gasteiger partial charge in [-0.1, -0.05) is 52.9 Å². The summed E-state index contributed by atoms with van der Waals surface area (Å²) in [6, 6.07) is 9.74. The van der Waals surface area contributed by atoms with Crippen LogP contribution in [0.25, 0.3) is 0 Å². The van der Waals surface area contributed by atoms with E-state index in [1.807, 2.05) is 37.3 Å². The molecule has 2 rings (SSSR count). The zero-order valence-corrected chi connectivity index (χ0v) is 11.1. The minimum absolute atomic E-state index is 0.125. The Labute approximate surface area is 109 Å². The van der Waals surface area contributed by atoms with Gasteiger partial charge in [-0.05, 0) is 23.6 Å². The van der Waals surface area contributed by atoms with Crippen LogP contribution in [-0.4, -0.2) is 21.4 Å². The summed E-state index contributed by atoms with van der Waals surface area (Å²) < 4.78 is 0.784. The minimum atomic E-state index is -0.896. The topological polar surface area (TPSA) is 37.3 Å². The van der Waals surface area contributed by atoms with Crippen LogP contribution in [0.1, 0.15) is 18.4 Å². The lowest BCUT2D eigenvalue weighted by Gasteiger charge is -2.17. The van der Waals surface area contributed by atoms with Crippen molar-refractivity contribution in [1.82, 2.24) is 0 Å². The SMILES string of the molecule is CC1=C(CI)[C@H](c2ccccc2)[C@@H](O)C1=O. The molecule has 3 heteroatoms. The monoisotopic (exact) mass is 328 g/mol. The van der Waals surface area contributed by atoms with E-state index in [0.29, 0.717) is 0 Å². The zero-order valence-electron chi connectivity index (χ0n) is 8.98. The number of rotatable bonds is 2. The highest BCUT2D eigenvalue weighted by Crippen LogP contribution is 2.38. The Hall–Kier alpha value is -0.680. The van der Waals surface area contributed by atoms with E-state index in [1.54, 1.807) is 0 Å². The number of carbonyl (C=O) groups is 1. The van der Waals surface area contributed by atoms with Gasteiger partial charge >= 0.3 is 0 Å². The van der Waals surface area contributed by atoms with Crippen molar-refractivity contribution in [2.45, 2.75) is 18.9 Å². The van der Waals surface area contributed by atoms with Gasteiger partial charge < -0.3 is 5.11 Å². The summed E-state index contributed by atoms with van der Waals surface area (Å²) in [5.74, 6) is -0.272. The van der Waals surface area contributed by atoms with Crippen molar-refractivity contribution in [2.75, 3.05) is 4.43 Å². The maximum atomic E-state index is 11.7. The maximum absolute atomic E-state index is 11.7. The van der Waals surface area contributed by atoms with Crippen molar-refractivity contribution in [2.24, 2.45) is 0 Å². The van der Waals surface area contributed by atoms with Gasteiger partial charge in [-0.3, -0.25) is 4.79 Å². The van der Waals surface area contributed by atoms with Crippen molar-refractivity contribution in [3.63, 3.8) is 0 Å². The predicted molar refractivity (Wildman–Crippen MR) is 71.8 cm³/mol. The van der Waals surface area contributed by atoms with Crippen molar-refractivity contribution >= 4 is 28.4 Å². The Kier molecular flexibility index (Phi) is 3.44. The zero-order chi connectivity index (χ0) is 11.7. The molecule has 1 aromatic rings. The summed E-state index contributed by atoms with van der Waals surface area (Å²) in [5, 5.41) is 9.99. The third-order valence-electron chi connectivity index (χ3n) is 3.11. The molecule has 0 heterocycles. The Morgan fingerprint density at radius 1 is 1.31 bits per heavy atom. The molecule has 0 bridgehead atoms. The molecule has 0 amide bonds. The summed E-state index contributed by atoms with van der Waals surface area (Å²) >= 11 is 2.25. The van der Waals surface area contributed by atoms with E-state index in [-0.39, 0.29) is 11.7 Å². The number of halogens is 1. The second-order valence-corrected chi connectivity index (χ2v) is 4.74. The molecule has 0 saturated heterocycles. The molecule has 0 saturated carbocycles. The molecule has 0 aliphatic heterocycles. The lowest BCUT2D eigenvalue weighted by molar-refractivity contribution is -0.122. The van der Waals surface area contributed by atoms with Crippen LogP contribution >= 0.6 is 22.6 Å². The van der Waals surface area contributed by atoms with Crippen LogP contribution in [0, 0.1) is 0 Å². The van der Waals surface area contributed by atoms with Gasteiger partial charge in [0.05, 0.1) is 0 Å². The summed E-state index contributed by atoms with van der Waals surface area (Å²) in [6.07, 6.45) is -0.896. The van der Waals surface area contributed by atoms with Gasteiger partial charge in [0.2, 0.25) is 0 Å². The Morgan fingerprint density at radius 3 is 2.50 bits per heavy atom. The van der Waals surface area contributed by atoms with Crippen molar-refractivity contribution in [1.29, 1.82) is 0 Å². The number of hydrogen-bond acceptors (Lipinski definition) is 2. The highest BCUT2D eigenvalue weighted by molar-refractivity contribution is 14.1. The van der Waals surface area contributed by atoms with Crippen molar-refractivity contribution in [3.05, 3.63) is 47.0 Å². The predicted octanol–water partition coefficient (Wildman–Crippen LogP) is 2.47. The number of carbonyl (C=O) groups excluding carboxylic acids is 1. The highest BCUT2D eigenvalue weighted by Gasteiger charge is 2.38. The number of aliphatic hydroxyl groups excluding tert-OH is 1. The Bertz CT molecular complexity index is 437. The standard InChI is InChI=1S/C13H13IO2/c1-8-10(7-14)11(13(16)12(8)15)9-5-3-2-4-6-9/h2-6,11,13,16H,7H2,1H3/t11-,13+/m0/s1. The fourth-order valence-corrected chi connectivity index (χ4v) is 3.23. The summed E-state index contributed by atoms with van der Waals surface area (Å²) in [5.41, 5.74) is 2.81. The van der Waals surface area contributed by atoms with E-state index in [1.165, 1.54) is 0 Å². The summed E-state index contributed by atoms with van der Waals surface area (Å²) in [6.45, 7) is 1.81. The quantitative estimate of drug-likeness (QED) is 0.669. The van der Waals surface area contributed by atoms with Crippen LogP contribution < -0.4 is 0 Å². The van der Waals surface area contributed by atoms with Crippen LogP contribution in [0.15, 0.2) is 41.5 Å². The molecule has 0 spiro atoms. The number of alkyl halides is 1. The lowest BCUT2D eigenvalue weighted by Crippen LogP contribution is -2.22. The molecule has 0 unspecified atom stereocenters. The first-order chi connectivity index (χ1) is 7.66. The molecule has 1 N–H and O–H groups in total. The third-order valence-corrected chi connectivity index (χ3v) is 3.94. The van der Waals surface area contributed by atoms with E-state index in [0.717, 1.165) is 21.1 Å². The molecule has 16 heavy (non-hydrogen) atoms. The largest absolute Gasteiger partial charge is 0.384 e. The van der Waals surface area contributed by atoms with Crippen LogP contribution in [0.2, 0.25) is 0 Å². The highest BCUT2D eigenvalue weighted by atomic mass is 127. The fraction of sp³-hybridized carbons (Fsp3) is 0.308. The van der Waals surface area contributed by atoms with Crippen molar-refractivity contribution < 1.29 is 9.90 Å². The molecular formula is C13H13IO2. The molecule has 2 nitrogen and oxygen atoms in total. The van der Waals surface area contributed by atoms with Crippen LogP contribution in [0.4, 0.5) is 0 Å².